The number of aliphatic hydroxyl groups is 2. The normalized spacial score (nSPS) is 37.0. The van der Waals surface area contributed by atoms with Gasteiger partial charge in [-0.15, -0.1) is 0 Å². The van der Waals surface area contributed by atoms with Gasteiger partial charge >= 0.3 is 12.1 Å². The summed E-state index contributed by atoms with van der Waals surface area (Å²) in [5.41, 5.74) is 1.23. The highest BCUT2D eigenvalue weighted by Crippen LogP contribution is 2.38. The number of hydrogen-bond donors (Lipinski definition) is 3. The van der Waals surface area contributed by atoms with Crippen LogP contribution in [0.1, 0.15) is 138 Å². The number of methoxy groups -OCH3 is 3. The number of alkyl carbamates (subject to hydrolysis) is 1. The lowest BCUT2D eigenvalue weighted by atomic mass is 9.78. The molecule has 2 bridgehead atoms. The van der Waals surface area contributed by atoms with E-state index in [4.69, 9.17) is 33.7 Å². The van der Waals surface area contributed by atoms with Crippen molar-refractivity contribution in [1.82, 2.24) is 10.2 Å². The predicted octanol–water partition coefficient (Wildman–Crippen LogP) is 7.22. The summed E-state index contributed by atoms with van der Waals surface area (Å²) in [6.07, 6.45) is 10.7. The fourth-order valence-corrected chi connectivity index (χ4v) is 10.8. The van der Waals surface area contributed by atoms with E-state index in [-0.39, 0.29) is 42.8 Å². The van der Waals surface area contributed by atoms with E-state index in [1.807, 2.05) is 57.2 Å². The first kappa shape index (κ1) is 61.0. The van der Waals surface area contributed by atoms with Crippen molar-refractivity contribution < 1.29 is 67.4 Å². The van der Waals surface area contributed by atoms with Crippen molar-refractivity contribution in [2.45, 2.75) is 193 Å². The largest absolute Gasteiger partial charge is 0.460 e. The molecular weight excluding hydrogens is 939 g/mol. The van der Waals surface area contributed by atoms with E-state index < -0.39 is 102 Å². The number of ether oxygens (including phenoxy) is 6. The molecule has 2 saturated heterocycles. The predicted molar refractivity (Wildman–Crippen MR) is 272 cm³/mol. The molecule has 9 unspecified atom stereocenters. The number of nitrogens with zero attached hydrogens (tertiary/aromatic N) is 2. The van der Waals surface area contributed by atoms with Gasteiger partial charge in [0.2, 0.25) is 5.79 Å². The maximum atomic E-state index is 14.5. The number of amides is 2. The number of rotatable bonds is 10. The Labute approximate surface area is 433 Å². The Morgan fingerprint density at radius 3 is 2.34 bits per heavy atom. The molecule has 3 heterocycles. The molecule has 3 N–H and O–H groups in total. The zero-order valence-electron chi connectivity index (χ0n) is 45.0. The fraction of sp³-hybridized carbons (Fsp3) is 0.732. The summed E-state index contributed by atoms with van der Waals surface area (Å²) in [5, 5.41) is 35.0. The Kier molecular flexibility index (Phi) is 24.6. The van der Waals surface area contributed by atoms with Crippen molar-refractivity contribution in [3.8, 4) is 6.07 Å². The van der Waals surface area contributed by atoms with Gasteiger partial charge in [-0.2, -0.15) is 5.26 Å². The van der Waals surface area contributed by atoms with E-state index >= 15 is 0 Å². The maximum Gasteiger partial charge on any atom is 0.407 e. The minimum atomic E-state index is -2.46. The fourth-order valence-electron chi connectivity index (χ4n) is 10.8. The molecule has 4 aliphatic rings. The van der Waals surface area contributed by atoms with Crippen LogP contribution >= 0.6 is 0 Å². The molecule has 0 aromatic rings. The molecular formula is C56H85N3O14. The van der Waals surface area contributed by atoms with Gasteiger partial charge in [0.15, 0.2) is 5.78 Å². The Morgan fingerprint density at radius 2 is 1.66 bits per heavy atom. The zero-order chi connectivity index (χ0) is 54.0. The van der Waals surface area contributed by atoms with Gasteiger partial charge in [0.05, 0.1) is 24.4 Å². The Morgan fingerprint density at radius 1 is 0.918 bits per heavy atom. The number of carbonyl (C=O) groups excluding carboxylic acids is 6. The monoisotopic (exact) mass is 1020 g/mol. The zero-order valence-corrected chi connectivity index (χ0v) is 45.0. The van der Waals surface area contributed by atoms with Crippen LogP contribution in [0.2, 0.25) is 0 Å². The van der Waals surface area contributed by atoms with Gasteiger partial charge in [-0.25, -0.2) is 9.59 Å². The van der Waals surface area contributed by atoms with E-state index in [1.54, 1.807) is 48.0 Å². The summed E-state index contributed by atoms with van der Waals surface area (Å²) < 4.78 is 35.4. The highest BCUT2D eigenvalue weighted by molar-refractivity contribution is 6.39. The minimum absolute atomic E-state index is 0.000189. The Balaban J connectivity index is 1.67. The van der Waals surface area contributed by atoms with Crippen molar-refractivity contribution in [1.29, 1.82) is 5.26 Å². The Bertz CT molecular complexity index is 2050. The molecule has 4 rings (SSSR count). The molecule has 3 aliphatic heterocycles. The molecule has 17 heteroatoms. The summed E-state index contributed by atoms with van der Waals surface area (Å²) >= 11 is 0. The standard InChI is InChI=1S/C56H85N3O14/c1-34-18-12-11-13-19-35(2)46(68-8)32-42-23-21-40(7)56(67,73-42)52(63)53(64)59-27-17-14-20-43(59)54(65)71-47(33-44(60)36(3)29-39(6)50(62)51(70-10)49(61)38(5)28-34)37(4)30-41-22-24-45(48(31-41)69-9)72-55(66)58-26-16-15-25-57/h11-13,18-19,29,34,36-38,40-43,45-48,50-51,62,67H,14-17,20-24,26-28,30-33H2,1-10H3,(H,58,66)/b13-11+,18-12-,35-19+,39-29+/t34?,36?,37?,38-,40-,41?,42?,43+,45-,46?,47?,48?,50-,51?,56-/m1/s1. The lowest BCUT2D eigenvalue weighted by Gasteiger charge is -2.42. The number of nitriles is 1. The molecule has 73 heavy (non-hydrogen) atoms. The first-order valence-electron chi connectivity index (χ1n) is 26.5. The molecule has 2 amide bonds. The number of piperidine rings is 1. The van der Waals surface area contributed by atoms with Crippen LogP contribution in [0.25, 0.3) is 0 Å². The number of allylic oxidation sites excluding steroid dienone is 6. The smallest absolute Gasteiger partial charge is 0.407 e. The number of esters is 1. The van der Waals surface area contributed by atoms with Crippen LogP contribution in [-0.4, -0.2) is 139 Å². The number of nitrogens with one attached hydrogen (secondary N) is 1. The minimum Gasteiger partial charge on any atom is -0.460 e. The second-order valence-corrected chi connectivity index (χ2v) is 21.2. The van der Waals surface area contributed by atoms with Gasteiger partial charge in [-0.1, -0.05) is 71.1 Å². The summed E-state index contributed by atoms with van der Waals surface area (Å²) in [4.78, 5) is 85.0. The van der Waals surface area contributed by atoms with E-state index in [1.165, 1.54) is 12.0 Å². The summed E-state index contributed by atoms with van der Waals surface area (Å²) in [6, 6.07) is 0.862. The molecule has 0 aromatic carbocycles. The number of fused-ring (bicyclic) bond motifs is 3. The van der Waals surface area contributed by atoms with Crippen molar-refractivity contribution in [2.24, 2.45) is 35.5 Å². The second kappa shape index (κ2) is 29.5. The van der Waals surface area contributed by atoms with Crippen LogP contribution < -0.4 is 5.32 Å². The first-order chi connectivity index (χ1) is 34.7. The number of carbonyl (C=O) groups is 6. The molecule has 0 radical (unpaired) electrons. The highest BCUT2D eigenvalue weighted by Gasteiger charge is 2.53. The lowest BCUT2D eigenvalue weighted by molar-refractivity contribution is -0.265. The molecule has 0 spiro atoms. The van der Waals surface area contributed by atoms with Gasteiger partial charge in [-0.3, -0.25) is 19.2 Å². The topological polar surface area (TPSA) is 237 Å². The molecule has 1 aliphatic carbocycles. The van der Waals surface area contributed by atoms with Crippen LogP contribution in [0.15, 0.2) is 47.6 Å². The second-order valence-electron chi connectivity index (χ2n) is 21.2. The number of unbranched alkanes of at least 4 members (excludes halogenated alkanes) is 1. The average molecular weight is 1020 g/mol. The average Bonchev–Trinajstić information content (AvgIpc) is 3.37. The number of cyclic esters (lactones) is 1. The van der Waals surface area contributed by atoms with Gasteiger partial charge in [-0.05, 0) is 113 Å². The van der Waals surface area contributed by atoms with E-state index in [0.717, 1.165) is 5.57 Å². The van der Waals surface area contributed by atoms with Gasteiger partial charge < -0.3 is 48.9 Å². The quantitative estimate of drug-likeness (QED) is 0.0848. The van der Waals surface area contributed by atoms with E-state index in [2.05, 4.69) is 5.32 Å². The number of ketones is 3. The van der Waals surface area contributed by atoms with Gasteiger partial charge in [0.1, 0.15) is 36.2 Å². The third-order valence-corrected chi connectivity index (χ3v) is 15.4. The molecule has 15 atom stereocenters. The van der Waals surface area contributed by atoms with Crippen LogP contribution in [0, 0.1) is 46.8 Å². The number of aliphatic hydroxyl groups excluding tert-OH is 1. The molecule has 0 aromatic heterocycles. The third kappa shape index (κ3) is 17.2. The van der Waals surface area contributed by atoms with Crippen molar-refractivity contribution >= 4 is 35.3 Å². The summed E-state index contributed by atoms with van der Waals surface area (Å²) in [5.74, 6) is -8.40. The SMILES string of the molecule is COC1CC2CC[C@@H](C)[C@@](O)(O2)C(=O)C(=O)N2CCCC[C@H]2C(=O)OC(C(C)CC2CC[C@@H](OC(=O)NCCCC#N)C(OC)C2)CC(=O)C(C)/C=C(\C)[C@@H](O)C(OC)C(=O)[C@H](C)CC(C)\C=C/C=C/C=C/1C. The number of Topliss-reactive ketones (excluding diaryl/α,β-unsaturated/α-hetero) is 3. The number of hydrogen-bond acceptors (Lipinski definition) is 15. The van der Waals surface area contributed by atoms with Gasteiger partial charge in [0, 0.05) is 71.4 Å². The maximum absolute atomic E-state index is 14.5. The highest BCUT2D eigenvalue weighted by atomic mass is 16.6. The lowest BCUT2D eigenvalue weighted by Crippen LogP contribution is -2.61. The van der Waals surface area contributed by atoms with Crippen molar-refractivity contribution in [3.63, 3.8) is 0 Å². The van der Waals surface area contributed by atoms with Gasteiger partial charge in [0.25, 0.3) is 11.7 Å². The van der Waals surface area contributed by atoms with Crippen LogP contribution in [0.5, 0.6) is 0 Å². The molecule has 17 nitrogen and oxygen atoms in total. The van der Waals surface area contributed by atoms with E-state index in [0.29, 0.717) is 89.2 Å². The van der Waals surface area contributed by atoms with E-state index in [9.17, 15) is 39.0 Å². The van der Waals surface area contributed by atoms with Crippen LogP contribution in [0.4, 0.5) is 4.79 Å². The molecule has 408 valence electrons. The van der Waals surface area contributed by atoms with Crippen molar-refractivity contribution in [3.05, 3.63) is 47.6 Å². The van der Waals surface area contributed by atoms with Crippen LogP contribution in [-0.2, 0) is 52.4 Å². The summed E-state index contributed by atoms with van der Waals surface area (Å²) in [7, 11) is 4.49. The summed E-state index contributed by atoms with van der Waals surface area (Å²) in [6.45, 7) is 12.9. The Hall–Kier alpha value is -4.57. The first-order valence-corrected chi connectivity index (χ1v) is 26.5. The molecule has 1 saturated carbocycles. The van der Waals surface area contributed by atoms with Crippen molar-refractivity contribution in [2.75, 3.05) is 34.4 Å². The van der Waals surface area contributed by atoms with Crippen LogP contribution in [0.3, 0.4) is 0 Å². The third-order valence-electron chi connectivity index (χ3n) is 15.4. The molecule has 3 fully saturated rings.